The first-order chi connectivity index (χ1) is 8.87. The van der Waals surface area contributed by atoms with Crippen molar-refractivity contribution in [3.63, 3.8) is 0 Å². The van der Waals surface area contributed by atoms with Gasteiger partial charge in [-0.2, -0.15) is 4.31 Å². The lowest BCUT2D eigenvalue weighted by molar-refractivity contribution is 0.273. The summed E-state index contributed by atoms with van der Waals surface area (Å²) in [5.41, 5.74) is 0. The van der Waals surface area contributed by atoms with Crippen molar-refractivity contribution >= 4 is 50.0 Å². The van der Waals surface area contributed by atoms with E-state index in [1.807, 2.05) is 0 Å². The molecule has 0 radical (unpaired) electrons. The van der Waals surface area contributed by atoms with Gasteiger partial charge in [0, 0.05) is 31.2 Å². The van der Waals surface area contributed by atoms with Crippen molar-refractivity contribution < 1.29 is 13.2 Å². The Bertz CT molecular complexity index is 594. The highest BCUT2D eigenvalue weighted by Crippen LogP contribution is 2.37. The van der Waals surface area contributed by atoms with Crippen LogP contribution in [0.1, 0.15) is 0 Å². The zero-order chi connectivity index (χ0) is 14.2. The lowest BCUT2D eigenvalue weighted by atomic mass is 10.2. The quantitative estimate of drug-likeness (QED) is 0.833. The van der Waals surface area contributed by atoms with Crippen molar-refractivity contribution in [3.05, 3.63) is 21.6 Å². The second-order valence-corrected chi connectivity index (χ2v) is 7.51. The number of hydrogen-bond acceptors (Lipinski definition) is 4. The number of halogens is 3. The maximum atomic E-state index is 12.6. The van der Waals surface area contributed by atoms with Gasteiger partial charge in [0.2, 0.25) is 10.0 Å². The molecule has 0 amide bonds. The zero-order valence-corrected chi connectivity index (χ0v) is 14.9. The predicted molar refractivity (Wildman–Crippen MR) is 84.6 cm³/mol. The van der Waals surface area contributed by atoms with Crippen LogP contribution in [0.5, 0.6) is 5.75 Å². The summed E-state index contributed by atoms with van der Waals surface area (Å²) in [6.07, 6.45) is 0. The predicted octanol–water partition coefficient (Wildman–Crippen LogP) is 2.13. The fraction of sp³-hybridized carbons (Fsp3) is 0.455. The van der Waals surface area contributed by atoms with Crippen molar-refractivity contribution in [2.24, 2.45) is 0 Å². The lowest BCUT2D eigenvalue weighted by Gasteiger charge is -2.35. The fourth-order valence-electron chi connectivity index (χ4n) is 1.81. The zero-order valence-electron chi connectivity index (χ0n) is 10.9. The van der Waals surface area contributed by atoms with Crippen LogP contribution in [0.15, 0.2) is 21.5 Å². The van der Waals surface area contributed by atoms with Gasteiger partial charge >= 0.3 is 0 Å². The van der Waals surface area contributed by atoms with Gasteiger partial charge in [-0.1, -0.05) is 11.6 Å². The highest BCUT2D eigenvalue weighted by Gasteiger charge is 2.34. The summed E-state index contributed by atoms with van der Waals surface area (Å²) in [7, 11) is -0.640. The second-order valence-electron chi connectivity index (χ2n) is 4.25. The molecule has 0 saturated carbocycles. The van der Waals surface area contributed by atoms with Crippen LogP contribution >= 0.6 is 39.9 Å². The smallest absolute Gasteiger partial charge is 0.246 e. The molecule has 0 atom stereocenters. The van der Waals surface area contributed by atoms with Gasteiger partial charge < -0.3 is 10.1 Å². The van der Waals surface area contributed by atoms with Gasteiger partial charge in [0.1, 0.15) is 4.90 Å². The van der Waals surface area contributed by atoms with Gasteiger partial charge in [-0.15, -0.1) is 12.4 Å². The standard InChI is InChI=1S/C11H14BrClN2O3S.ClH/c1-15(8-5-14-6-8)19(16,17)10-4-7(13)3-9(12)11(10)18-2;/h3-4,8,14H,5-6H2,1-2H3;1H. The Labute approximate surface area is 138 Å². The van der Waals surface area contributed by atoms with E-state index in [1.54, 1.807) is 13.1 Å². The Morgan fingerprint density at radius 3 is 2.50 bits per heavy atom. The Morgan fingerprint density at radius 2 is 2.05 bits per heavy atom. The molecule has 114 valence electrons. The minimum Gasteiger partial charge on any atom is -0.494 e. The average Bonchev–Trinajstić information content (AvgIpc) is 2.25. The van der Waals surface area contributed by atoms with Crippen LogP contribution in [0, 0.1) is 0 Å². The number of hydrogen-bond donors (Lipinski definition) is 1. The van der Waals surface area contributed by atoms with E-state index in [0.29, 0.717) is 22.6 Å². The summed E-state index contributed by atoms with van der Waals surface area (Å²) >= 11 is 9.20. The monoisotopic (exact) mass is 404 g/mol. The maximum Gasteiger partial charge on any atom is 0.246 e. The first-order valence-corrected chi connectivity index (χ1v) is 8.21. The van der Waals surface area contributed by atoms with E-state index >= 15 is 0 Å². The number of ether oxygens (including phenoxy) is 1. The second kappa shape index (κ2) is 6.81. The minimum atomic E-state index is -3.63. The van der Waals surface area contributed by atoms with Gasteiger partial charge in [0.25, 0.3) is 0 Å². The molecule has 1 aliphatic rings. The summed E-state index contributed by atoms with van der Waals surface area (Å²) in [6, 6.07) is 2.97. The first-order valence-electron chi connectivity index (χ1n) is 5.59. The molecule has 1 N–H and O–H groups in total. The molecule has 1 aliphatic heterocycles. The van der Waals surface area contributed by atoms with Gasteiger partial charge in [-0.05, 0) is 28.1 Å². The molecular formula is C11H15BrCl2N2O3S. The van der Waals surface area contributed by atoms with Crippen LogP contribution in [0.2, 0.25) is 5.02 Å². The van der Waals surface area contributed by atoms with Crippen LogP contribution in [0.25, 0.3) is 0 Å². The van der Waals surface area contributed by atoms with Gasteiger partial charge in [0.05, 0.1) is 11.6 Å². The number of rotatable bonds is 4. The molecule has 0 spiro atoms. The van der Waals surface area contributed by atoms with Crippen molar-refractivity contribution in [1.29, 1.82) is 0 Å². The third-order valence-electron chi connectivity index (χ3n) is 3.11. The van der Waals surface area contributed by atoms with E-state index < -0.39 is 10.0 Å². The van der Waals surface area contributed by atoms with E-state index in [4.69, 9.17) is 16.3 Å². The SMILES string of the molecule is COc1c(Br)cc(Cl)cc1S(=O)(=O)N(C)C1CNC1.Cl. The van der Waals surface area contributed by atoms with Crippen LogP contribution < -0.4 is 10.1 Å². The molecular weight excluding hydrogens is 391 g/mol. The molecule has 0 aromatic heterocycles. The molecule has 20 heavy (non-hydrogen) atoms. The molecule has 0 aliphatic carbocycles. The van der Waals surface area contributed by atoms with Crippen LogP contribution in [-0.4, -0.2) is 46.0 Å². The highest BCUT2D eigenvalue weighted by atomic mass is 79.9. The summed E-state index contributed by atoms with van der Waals surface area (Å²) in [4.78, 5) is 0.0729. The largest absolute Gasteiger partial charge is 0.494 e. The van der Waals surface area contributed by atoms with Gasteiger partial charge in [-0.25, -0.2) is 8.42 Å². The maximum absolute atomic E-state index is 12.6. The molecule has 1 saturated heterocycles. The summed E-state index contributed by atoms with van der Waals surface area (Å²) < 4.78 is 32.2. The molecule has 0 unspecified atom stereocenters. The van der Waals surface area contributed by atoms with E-state index in [0.717, 1.165) is 0 Å². The fourth-order valence-corrected chi connectivity index (χ4v) is 4.53. The lowest BCUT2D eigenvalue weighted by Crippen LogP contribution is -2.57. The van der Waals surface area contributed by atoms with Crippen LogP contribution in [-0.2, 0) is 10.0 Å². The normalized spacial score (nSPS) is 15.7. The van der Waals surface area contributed by atoms with Crippen molar-refractivity contribution in [2.75, 3.05) is 27.2 Å². The average molecular weight is 406 g/mol. The number of sulfonamides is 1. The van der Waals surface area contributed by atoms with E-state index in [1.165, 1.54) is 17.5 Å². The molecule has 1 heterocycles. The number of methoxy groups -OCH3 is 1. The van der Waals surface area contributed by atoms with Gasteiger partial charge in [-0.3, -0.25) is 0 Å². The molecule has 9 heteroatoms. The Hall–Kier alpha value is -0.0500. The molecule has 1 aromatic carbocycles. The molecule has 5 nitrogen and oxygen atoms in total. The Kier molecular flexibility index (Phi) is 6.13. The summed E-state index contributed by atoms with van der Waals surface area (Å²) in [5.74, 6) is 0.267. The van der Waals surface area contributed by atoms with E-state index in [9.17, 15) is 8.42 Å². The molecule has 1 aromatic rings. The summed E-state index contributed by atoms with van der Waals surface area (Å²) in [5, 5.41) is 3.38. The third-order valence-corrected chi connectivity index (χ3v) is 5.83. The molecule has 2 rings (SSSR count). The highest BCUT2D eigenvalue weighted by molar-refractivity contribution is 9.10. The molecule has 0 bridgehead atoms. The number of likely N-dealkylation sites (N-methyl/N-ethyl adjacent to an activating group) is 1. The van der Waals surface area contributed by atoms with Crippen LogP contribution in [0.3, 0.4) is 0 Å². The molecule has 1 fully saturated rings. The van der Waals surface area contributed by atoms with Crippen molar-refractivity contribution in [3.8, 4) is 5.75 Å². The van der Waals surface area contributed by atoms with Crippen LogP contribution in [0.4, 0.5) is 0 Å². The van der Waals surface area contributed by atoms with Crippen molar-refractivity contribution in [1.82, 2.24) is 9.62 Å². The summed E-state index contributed by atoms with van der Waals surface area (Å²) in [6.45, 7) is 1.31. The van der Waals surface area contributed by atoms with E-state index in [-0.39, 0.29) is 29.1 Å². The number of benzene rings is 1. The Morgan fingerprint density at radius 1 is 1.45 bits per heavy atom. The van der Waals surface area contributed by atoms with E-state index in [2.05, 4.69) is 21.2 Å². The number of nitrogens with one attached hydrogen (secondary N) is 1. The topological polar surface area (TPSA) is 58.6 Å². The first kappa shape index (κ1) is 18.0. The minimum absolute atomic E-state index is 0. The number of nitrogens with zero attached hydrogens (tertiary/aromatic N) is 1. The Balaban J connectivity index is 0.00000200. The van der Waals surface area contributed by atoms with Crippen molar-refractivity contribution in [2.45, 2.75) is 10.9 Å². The van der Waals surface area contributed by atoms with Gasteiger partial charge in [0.15, 0.2) is 5.75 Å². The third kappa shape index (κ3) is 3.23.